The van der Waals surface area contributed by atoms with Gasteiger partial charge in [-0.25, -0.2) is 4.98 Å². The molecule has 0 unspecified atom stereocenters. The maximum Gasteiger partial charge on any atom is 0.417 e. The van der Waals surface area contributed by atoms with Crippen LogP contribution < -0.4 is 5.32 Å². The molecule has 5 rings (SSSR count). The summed E-state index contributed by atoms with van der Waals surface area (Å²) in [6.07, 6.45) is 4.66. The Morgan fingerprint density at radius 2 is 1.64 bits per heavy atom. The summed E-state index contributed by atoms with van der Waals surface area (Å²) in [4.78, 5) is 3.93. The fourth-order valence-corrected chi connectivity index (χ4v) is 5.45. The predicted octanol–water partition coefficient (Wildman–Crippen LogP) is 4.73. The van der Waals surface area contributed by atoms with Gasteiger partial charge in [-0.15, -0.1) is 0 Å². The van der Waals surface area contributed by atoms with E-state index in [9.17, 15) is 13.2 Å². The van der Waals surface area contributed by atoms with Crippen LogP contribution >= 0.6 is 0 Å². The van der Waals surface area contributed by atoms with Crippen molar-refractivity contribution >= 4 is 5.82 Å². The van der Waals surface area contributed by atoms with E-state index in [1.807, 2.05) is 0 Å². The van der Waals surface area contributed by atoms with Gasteiger partial charge in [0.1, 0.15) is 5.82 Å². The monoisotopic (exact) mass is 310 g/mol. The van der Waals surface area contributed by atoms with E-state index in [1.54, 1.807) is 0 Å². The Bertz CT molecular complexity index is 515. The van der Waals surface area contributed by atoms with Crippen LogP contribution in [-0.2, 0) is 6.18 Å². The number of aromatic nitrogens is 1. The van der Waals surface area contributed by atoms with Crippen LogP contribution in [0, 0.1) is 23.2 Å². The molecule has 0 amide bonds. The second kappa shape index (κ2) is 4.87. The lowest BCUT2D eigenvalue weighted by Gasteiger charge is -2.57. The number of hydrogen-bond acceptors (Lipinski definition) is 2. The van der Waals surface area contributed by atoms with Crippen LogP contribution in [0.1, 0.15) is 44.1 Å². The molecule has 22 heavy (non-hydrogen) atoms. The zero-order valence-corrected chi connectivity index (χ0v) is 12.5. The minimum atomic E-state index is -4.31. The second-order valence-corrected chi connectivity index (χ2v) is 7.70. The van der Waals surface area contributed by atoms with Gasteiger partial charge in [0.25, 0.3) is 0 Å². The van der Waals surface area contributed by atoms with Crippen LogP contribution in [0.2, 0.25) is 0 Å². The van der Waals surface area contributed by atoms with Crippen LogP contribution in [-0.4, -0.2) is 11.5 Å². The molecule has 0 saturated heterocycles. The van der Waals surface area contributed by atoms with Crippen molar-refractivity contribution in [1.82, 2.24) is 4.98 Å². The first-order chi connectivity index (χ1) is 10.4. The Morgan fingerprint density at radius 1 is 1.05 bits per heavy atom. The molecule has 4 aliphatic carbocycles. The number of rotatable bonds is 3. The van der Waals surface area contributed by atoms with Gasteiger partial charge < -0.3 is 5.32 Å². The normalized spacial score (nSPS) is 36.6. The highest BCUT2D eigenvalue weighted by molar-refractivity contribution is 5.36. The molecule has 1 heterocycles. The third-order valence-electron chi connectivity index (χ3n) is 5.90. The van der Waals surface area contributed by atoms with Gasteiger partial charge in [-0.3, -0.25) is 0 Å². The standard InChI is InChI=1S/C17H21F3N2/c18-17(19,20)14-1-2-15(21-9-14)22-10-16-6-11-3-12(7-16)5-13(4-11)8-16/h1-2,9,11-13H,3-8,10H2,(H,21,22). The van der Waals surface area contributed by atoms with Crippen molar-refractivity contribution < 1.29 is 13.2 Å². The molecule has 0 radical (unpaired) electrons. The van der Waals surface area contributed by atoms with Crippen molar-refractivity contribution in [2.45, 2.75) is 44.7 Å². The number of pyridine rings is 1. The lowest BCUT2D eigenvalue weighted by Crippen LogP contribution is -2.49. The molecule has 4 saturated carbocycles. The smallest absolute Gasteiger partial charge is 0.370 e. The van der Waals surface area contributed by atoms with Crippen LogP contribution in [0.25, 0.3) is 0 Å². The quantitative estimate of drug-likeness (QED) is 0.873. The van der Waals surface area contributed by atoms with Gasteiger partial charge in [-0.05, 0) is 73.8 Å². The molecule has 4 aliphatic rings. The van der Waals surface area contributed by atoms with Crippen molar-refractivity contribution in [3.05, 3.63) is 23.9 Å². The largest absolute Gasteiger partial charge is 0.417 e. The summed E-state index contributed by atoms with van der Waals surface area (Å²) in [6.45, 7) is 0.856. The van der Waals surface area contributed by atoms with Gasteiger partial charge in [0.2, 0.25) is 0 Å². The van der Waals surface area contributed by atoms with E-state index in [1.165, 1.54) is 44.6 Å². The Hall–Kier alpha value is -1.26. The van der Waals surface area contributed by atoms with E-state index in [0.717, 1.165) is 36.6 Å². The summed E-state index contributed by atoms with van der Waals surface area (Å²) in [5.74, 6) is 3.21. The van der Waals surface area contributed by atoms with Gasteiger partial charge in [-0.2, -0.15) is 13.2 Å². The molecule has 0 aromatic carbocycles. The summed E-state index contributed by atoms with van der Waals surface area (Å²) < 4.78 is 37.6. The highest BCUT2D eigenvalue weighted by Gasteiger charge is 2.50. The Balaban J connectivity index is 1.42. The van der Waals surface area contributed by atoms with Crippen molar-refractivity contribution in [3.63, 3.8) is 0 Å². The molecule has 4 fully saturated rings. The summed E-state index contributed by atoms with van der Waals surface area (Å²) in [6, 6.07) is 2.55. The number of hydrogen-bond donors (Lipinski definition) is 1. The van der Waals surface area contributed by atoms with E-state index in [0.29, 0.717) is 11.2 Å². The highest BCUT2D eigenvalue weighted by Crippen LogP contribution is 2.59. The summed E-state index contributed by atoms with van der Waals surface area (Å²) in [5.41, 5.74) is -0.327. The Labute approximate surface area is 128 Å². The number of alkyl halides is 3. The van der Waals surface area contributed by atoms with E-state index >= 15 is 0 Å². The second-order valence-electron chi connectivity index (χ2n) is 7.70. The number of nitrogens with one attached hydrogen (secondary N) is 1. The summed E-state index contributed by atoms with van der Waals surface area (Å²) in [5, 5.41) is 3.30. The highest BCUT2D eigenvalue weighted by atomic mass is 19.4. The van der Waals surface area contributed by atoms with E-state index in [-0.39, 0.29) is 0 Å². The molecule has 0 atom stereocenters. The molecule has 4 bridgehead atoms. The molecule has 2 nitrogen and oxygen atoms in total. The van der Waals surface area contributed by atoms with Crippen LogP contribution in [0.5, 0.6) is 0 Å². The SMILES string of the molecule is FC(F)(F)c1ccc(NCC23CC4CC(CC(C4)C2)C3)nc1. The number of anilines is 1. The third kappa shape index (κ3) is 2.59. The first-order valence-electron chi connectivity index (χ1n) is 8.19. The number of halogens is 3. The minimum Gasteiger partial charge on any atom is -0.370 e. The Morgan fingerprint density at radius 3 is 2.09 bits per heavy atom. The van der Waals surface area contributed by atoms with E-state index < -0.39 is 11.7 Å². The van der Waals surface area contributed by atoms with Crippen LogP contribution in [0.3, 0.4) is 0 Å². The van der Waals surface area contributed by atoms with Crippen molar-refractivity contribution in [3.8, 4) is 0 Å². The maximum absolute atomic E-state index is 12.5. The number of nitrogens with zero attached hydrogens (tertiary/aromatic N) is 1. The summed E-state index contributed by atoms with van der Waals surface area (Å²) in [7, 11) is 0. The zero-order valence-electron chi connectivity index (χ0n) is 12.5. The molecular weight excluding hydrogens is 289 g/mol. The van der Waals surface area contributed by atoms with Gasteiger partial charge in [0, 0.05) is 12.7 Å². The van der Waals surface area contributed by atoms with Gasteiger partial charge in [0.05, 0.1) is 5.56 Å². The third-order valence-corrected chi connectivity index (χ3v) is 5.90. The van der Waals surface area contributed by atoms with E-state index in [2.05, 4.69) is 10.3 Å². The fourth-order valence-electron chi connectivity index (χ4n) is 5.45. The molecule has 120 valence electrons. The average molecular weight is 310 g/mol. The maximum atomic E-state index is 12.5. The lowest BCUT2D eigenvalue weighted by atomic mass is 9.49. The molecule has 1 aromatic rings. The van der Waals surface area contributed by atoms with Crippen LogP contribution in [0.15, 0.2) is 18.3 Å². The molecule has 0 spiro atoms. The summed E-state index contributed by atoms with van der Waals surface area (Å²) >= 11 is 0. The Kier molecular flexibility index (Phi) is 3.17. The predicted molar refractivity (Wildman–Crippen MR) is 78.3 cm³/mol. The van der Waals surface area contributed by atoms with Crippen LogP contribution in [0.4, 0.5) is 19.0 Å². The first-order valence-corrected chi connectivity index (χ1v) is 8.19. The zero-order chi connectivity index (χ0) is 15.4. The van der Waals surface area contributed by atoms with Crippen molar-refractivity contribution in [1.29, 1.82) is 0 Å². The lowest BCUT2D eigenvalue weighted by molar-refractivity contribution is -0.137. The molecule has 1 N–H and O–H groups in total. The molecular formula is C17H21F3N2. The van der Waals surface area contributed by atoms with Gasteiger partial charge >= 0.3 is 6.18 Å². The van der Waals surface area contributed by atoms with Crippen molar-refractivity contribution in [2.75, 3.05) is 11.9 Å². The minimum absolute atomic E-state index is 0.360. The van der Waals surface area contributed by atoms with Gasteiger partial charge in [0.15, 0.2) is 0 Å². The molecule has 1 aromatic heterocycles. The topological polar surface area (TPSA) is 24.9 Å². The average Bonchev–Trinajstić information content (AvgIpc) is 2.43. The molecule has 0 aliphatic heterocycles. The fraction of sp³-hybridized carbons (Fsp3) is 0.706. The van der Waals surface area contributed by atoms with E-state index in [4.69, 9.17) is 0 Å². The van der Waals surface area contributed by atoms with Crippen molar-refractivity contribution in [2.24, 2.45) is 23.2 Å². The molecule has 5 heteroatoms. The first kappa shape index (κ1) is 14.3. The van der Waals surface area contributed by atoms with Gasteiger partial charge in [-0.1, -0.05) is 0 Å².